The van der Waals surface area contributed by atoms with Gasteiger partial charge in [-0.15, -0.1) is 0 Å². The topological polar surface area (TPSA) is 170 Å². The van der Waals surface area contributed by atoms with Crippen LogP contribution >= 0.6 is 18.7 Å². The Balaban J connectivity index is 0.805. The molecule has 2 aromatic heterocycles. The summed E-state index contributed by atoms with van der Waals surface area (Å²) in [5.74, 6) is 0.196. The fourth-order valence-electron chi connectivity index (χ4n) is 10.2. The molecule has 19 heteroatoms. The summed E-state index contributed by atoms with van der Waals surface area (Å²) in [6.07, 6.45) is 6.48. The lowest BCUT2D eigenvalue weighted by Gasteiger charge is -2.43. The minimum absolute atomic E-state index is 0.191. The number of benzene rings is 4. The van der Waals surface area contributed by atoms with E-state index < -0.39 is 24.8 Å². The summed E-state index contributed by atoms with van der Waals surface area (Å²) < 4.78 is 38.2. The van der Waals surface area contributed by atoms with Crippen molar-refractivity contribution in [1.29, 1.82) is 0 Å². The molecule has 0 saturated carbocycles. The first kappa shape index (κ1) is 47.8. The van der Waals surface area contributed by atoms with Crippen molar-refractivity contribution < 1.29 is 28.1 Å². The number of nitrogens with zero attached hydrogens (tertiary/aromatic N) is 8. The van der Waals surface area contributed by atoms with E-state index in [0.29, 0.717) is 105 Å². The molecule has 3 saturated heterocycles. The standard InChI is InChI=1S/C52H56ClFN11O5P/c1-61-30-36(28-56-61)39-26-42(58-51-55-29-40(53)48(60-51)57-41-13-10-34(25-46(41)71(3,4)69)33-8-6-5-7-9-33)45(70-2)27-44(39)64-18-16-52(54,17-19-64)32-62-20-22-63(23-21-62)37-11-12-38-35(24-37)31-65(50(38)68)43-14-15-47(66)59-49(43)67/h5-13,24-30,43H,14-23,31-32H2,1-4H3,(H,59,66,67)(H2,55,57,58,60)/t43-/m1/s1. The monoisotopic (exact) mass is 999 g/mol. The van der Waals surface area contributed by atoms with Gasteiger partial charge in [0.15, 0.2) is 5.82 Å². The smallest absolute Gasteiger partial charge is 0.255 e. The molecule has 4 aliphatic heterocycles. The van der Waals surface area contributed by atoms with Gasteiger partial charge < -0.3 is 34.6 Å². The van der Waals surface area contributed by atoms with Crippen molar-refractivity contribution in [2.24, 2.45) is 7.05 Å². The Morgan fingerprint density at radius 2 is 1.63 bits per heavy atom. The number of imide groups is 1. The van der Waals surface area contributed by atoms with Crippen LogP contribution in [0.4, 0.5) is 38.9 Å². The Hall–Kier alpha value is -6.81. The highest BCUT2D eigenvalue weighted by atomic mass is 35.5. The lowest BCUT2D eigenvalue weighted by molar-refractivity contribution is -0.136. The van der Waals surface area contributed by atoms with Gasteiger partial charge in [-0.2, -0.15) is 10.1 Å². The highest BCUT2D eigenvalue weighted by Crippen LogP contribution is 2.44. The Bertz CT molecular complexity index is 3080. The number of aromatic nitrogens is 4. The molecule has 0 unspecified atom stereocenters. The van der Waals surface area contributed by atoms with Crippen molar-refractivity contribution >= 4 is 76.3 Å². The number of carbonyl (C=O) groups excluding carboxylic acids is 3. The third-order valence-corrected chi connectivity index (χ3v) is 15.8. The van der Waals surface area contributed by atoms with Crippen LogP contribution in [0.2, 0.25) is 5.02 Å². The van der Waals surface area contributed by atoms with E-state index in [1.165, 1.54) is 6.20 Å². The summed E-state index contributed by atoms with van der Waals surface area (Å²) >= 11 is 6.69. The summed E-state index contributed by atoms with van der Waals surface area (Å²) in [5, 5.41) is 14.5. The first-order valence-corrected chi connectivity index (χ1v) is 26.8. The van der Waals surface area contributed by atoms with Crippen molar-refractivity contribution in [2.45, 2.75) is 43.9 Å². The summed E-state index contributed by atoms with van der Waals surface area (Å²) in [7, 11) is 0.707. The fourth-order valence-corrected chi connectivity index (χ4v) is 11.5. The zero-order chi connectivity index (χ0) is 49.6. The summed E-state index contributed by atoms with van der Waals surface area (Å²) in [5.41, 5.74) is 6.90. The van der Waals surface area contributed by atoms with E-state index >= 15 is 4.39 Å². The number of piperazine rings is 1. The van der Waals surface area contributed by atoms with Crippen LogP contribution in [0.3, 0.4) is 0 Å². The van der Waals surface area contributed by atoms with Gasteiger partial charge in [-0.05, 0) is 72.8 Å². The van der Waals surface area contributed by atoms with Gasteiger partial charge in [-0.1, -0.05) is 48.0 Å². The molecule has 0 spiro atoms. The first-order chi connectivity index (χ1) is 34.1. The minimum Gasteiger partial charge on any atom is -0.494 e. The van der Waals surface area contributed by atoms with Crippen LogP contribution in [0.1, 0.15) is 41.6 Å². The van der Waals surface area contributed by atoms with E-state index in [9.17, 15) is 18.9 Å². The number of aryl methyl sites for hydroxylation is 1. The van der Waals surface area contributed by atoms with Gasteiger partial charge in [-0.25, -0.2) is 9.37 Å². The predicted molar refractivity (Wildman–Crippen MR) is 276 cm³/mol. The van der Waals surface area contributed by atoms with Gasteiger partial charge in [-0.3, -0.25) is 29.3 Å². The highest BCUT2D eigenvalue weighted by molar-refractivity contribution is 7.70. The maximum Gasteiger partial charge on any atom is 0.255 e. The van der Waals surface area contributed by atoms with Crippen LogP contribution in [0.15, 0.2) is 97.5 Å². The van der Waals surface area contributed by atoms with Gasteiger partial charge in [0.2, 0.25) is 17.8 Å². The fraction of sp³-hybridized carbons (Fsp3) is 0.346. The van der Waals surface area contributed by atoms with Crippen molar-refractivity contribution in [1.82, 2.24) is 34.9 Å². The Labute approximate surface area is 416 Å². The highest BCUT2D eigenvalue weighted by Gasteiger charge is 2.41. The van der Waals surface area contributed by atoms with E-state index in [0.717, 1.165) is 39.2 Å². The molecule has 0 aliphatic carbocycles. The van der Waals surface area contributed by atoms with Gasteiger partial charge in [0.1, 0.15) is 29.6 Å². The number of hydrogen-bond acceptors (Lipinski definition) is 13. The van der Waals surface area contributed by atoms with Crippen molar-refractivity contribution in [2.75, 3.05) is 86.7 Å². The molecule has 16 nitrogen and oxygen atoms in total. The minimum atomic E-state index is -2.76. The third kappa shape index (κ3) is 10.1. The molecule has 3 fully saturated rings. The number of alkyl halides is 1. The Kier molecular flexibility index (Phi) is 13.1. The van der Waals surface area contributed by atoms with Crippen LogP contribution in [-0.2, 0) is 27.7 Å². The normalized spacial score (nSPS) is 18.4. The molecule has 71 heavy (non-hydrogen) atoms. The van der Waals surface area contributed by atoms with E-state index in [2.05, 4.69) is 40.7 Å². The quantitative estimate of drug-likeness (QED) is 0.0757. The second-order valence-corrected chi connectivity index (χ2v) is 22.8. The van der Waals surface area contributed by atoms with E-state index in [1.54, 1.807) is 36.2 Å². The maximum atomic E-state index is 16.9. The largest absolute Gasteiger partial charge is 0.494 e. The molecular weight excluding hydrogens is 944 g/mol. The molecule has 1 atom stereocenters. The number of amides is 3. The Morgan fingerprint density at radius 1 is 0.859 bits per heavy atom. The second-order valence-electron chi connectivity index (χ2n) is 19.2. The number of ether oxygens (including phenoxy) is 1. The molecule has 4 aromatic carbocycles. The molecular formula is C52H56ClFN11O5P. The zero-order valence-electron chi connectivity index (χ0n) is 40.1. The number of rotatable bonds is 13. The van der Waals surface area contributed by atoms with Crippen LogP contribution in [0, 0.1) is 0 Å². The lowest BCUT2D eigenvalue weighted by atomic mass is 9.91. The summed E-state index contributed by atoms with van der Waals surface area (Å²) in [6.45, 7) is 7.94. The van der Waals surface area contributed by atoms with Crippen molar-refractivity contribution in [3.05, 3.63) is 114 Å². The van der Waals surface area contributed by atoms with Gasteiger partial charge in [0, 0.05) is 124 Å². The van der Waals surface area contributed by atoms with Gasteiger partial charge in [0.05, 0.1) is 30.9 Å². The number of fused-ring (bicyclic) bond motifs is 1. The number of methoxy groups -OCH3 is 1. The number of hydrogen-bond donors (Lipinski definition) is 3. The van der Waals surface area contributed by atoms with Gasteiger partial charge >= 0.3 is 0 Å². The molecule has 0 bridgehead atoms. The molecule has 4 aliphatic rings. The lowest BCUT2D eigenvalue weighted by Crippen LogP contribution is -2.53. The average Bonchev–Trinajstić information content (AvgIpc) is 3.94. The summed E-state index contributed by atoms with van der Waals surface area (Å²) in [4.78, 5) is 55.0. The SMILES string of the molecule is COc1cc(N2CCC(F)(CN3CCN(c4ccc5c(c4)CN([C@@H]4CCC(=O)NC4=O)C5=O)CC3)CC2)c(-c2cnn(C)c2)cc1Nc1ncc(Cl)c(Nc2ccc(-c3ccccc3)cc2P(C)(C)=O)n1. The van der Waals surface area contributed by atoms with Crippen LogP contribution in [-0.4, -0.2) is 125 Å². The second kappa shape index (κ2) is 19.4. The first-order valence-electron chi connectivity index (χ1n) is 23.8. The van der Waals surface area contributed by atoms with E-state index in [4.69, 9.17) is 21.3 Å². The Morgan fingerprint density at radius 3 is 2.34 bits per heavy atom. The average molecular weight is 1000 g/mol. The third-order valence-electron chi connectivity index (χ3n) is 14.0. The van der Waals surface area contributed by atoms with Crippen LogP contribution in [0.25, 0.3) is 22.3 Å². The van der Waals surface area contributed by atoms with Gasteiger partial charge in [0.25, 0.3) is 5.91 Å². The molecule has 3 N–H and O–H groups in total. The zero-order valence-corrected chi connectivity index (χ0v) is 41.8. The van der Waals surface area contributed by atoms with Crippen LogP contribution < -0.4 is 35.8 Å². The van der Waals surface area contributed by atoms with Crippen molar-refractivity contribution in [3.8, 4) is 28.0 Å². The predicted octanol–water partition coefficient (Wildman–Crippen LogP) is 7.83. The number of piperidine rings is 2. The molecule has 6 heterocycles. The molecule has 6 aromatic rings. The van der Waals surface area contributed by atoms with Crippen LogP contribution in [0.5, 0.6) is 5.75 Å². The number of nitrogens with one attached hydrogen (secondary N) is 3. The van der Waals surface area contributed by atoms with Crippen molar-refractivity contribution in [3.63, 3.8) is 0 Å². The molecule has 0 radical (unpaired) electrons. The van der Waals surface area contributed by atoms with E-state index in [1.807, 2.05) is 92.1 Å². The summed E-state index contributed by atoms with van der Waals surface area (Å²) in [6, 6.07) is 24.9. The number of carbonyl (C=O) groups is 3. The maximum absolute atomic E-state index is 16.9. The number of anilines is 6. The molecule has 368 valence electrons. The number of halogens is 2. The molecule has 3 amide bonds. The molecule has 10 rings (SSSR count). The van der Waals surface area contributed by atoms with E-state index in [-0.39, 0.29) is 29.2 Å².